The van der Waals surface area contributed by atoms with Crippen LogP contribution in [0, 0.1) is 5.92 Å². The van der Waals surface area contributed by atoms with E-state index in [-0.39, 0.29) is 17.8 Å². The minimum Gasteiger partial charge on any atom is -0.507 e. The monoisotopic (exact) mass is 270 g/mol. The van der Waals surface area contributed by atoms with E-state index in [0.717, 1.165) is 0 Å². The van der Waals surface area contributed by atoms with Crippen molar-refractivity contribution in [3.8, 4) is 23.0 Å². The largest absolute Gasteiger partial charge is 0.507 e. The summed E-state index contributed by atoms with van der Waals surface area (Å²) in [5.74, 6) is 1.53. The van der Waals surface area contributed by atoms with E-state index in [1.54, 1.807) is 7.11 Å². The Morgan fingerprint density at radius 1 is 0.947 bits per heavy atom. The van der Waals surface area contributed by atoms with Crippen molar-refractivity contribution in [3.63, 3.8) is 0 Å². The van der Waals surface area contributed by atoms with Gasteiger partial charge in [0.25, 0.3) is 0 Å². The third-order valence-corrected chi connectivity index (χ3v) is 2.99. The van der Waals surface area contributed by atoms with Crippen LogP contribution in [0.25, 0.3) is 0 Å². The van der Waals surface area contributed by atoms with Gasteiger partial charge in [-0.2, -0.15) is 0 Å². The number of methoxy groups -OCH3 is 4. The van der Waals surface area contributed by atoms with Gasteiger partial charge in [0.1, 0.15) is 5.75 Å². The van der Waals surface area contributed by atoms with Crippen LogP contribution < -0.4 is 14.2 Å². The molecule has 0 aliphatic rings. The summed E-state index contributed by atoms with van der Waals surface area (Å²) < 4.78 is 21.3. The molecule has 1 aromatic carbocycles. The second-order valence-electron chi connectivity index (χ2n) is 4.48. The van der Waals surface area contributed by atoms with Crippen LogP contribution in [0.1, 0.15) is 25.5 Å². The van der Waals surface area contributed by atoms with Gasteiger partial charge in [-0.15, -0.1) is 0 Å². The van der Waals surface area contributed by atoms with E-state index in [4.69, 9.17) is 18.9 Å². The first-order valence-electron chi connectivity index (χ1n) is 6.06. The van der Waals surface area contributed by atoms with Crippen molar-refractivity contribution in [2.24, 2.45) is 5.92 Å². The van der Waals surface area contributed by atoms with Gasteiger partial charge in [0.15, 0.2) is 11.5 Å². The third-order valence-electron chi connectivity index (χ3n) is 2.99. The van der Waals surface area contributed by atoms with Crippen LogP contribution in [-0.4, -0.2) is 33.5 Å². The van der Waals surface area contributed by atoms with E-state index >= 15 is 0 Å². The molecule has 0 unspecified atom stereocenters. The summed E-state index contributed by atoms with van der Waals surface area (Å²) in [7, 11) is 6.15. The maximum absolute atomic E-state index is 10.2. The second-order valence-corrected chi connectivity index (χ2v) is 4.48. The van der Waals surface area contributed by atoms with E-state index in [1.165, 1.54) is 27.4 Å². The Bertz CT molecular complexity index is 428. The molecule has 0 spiro atoms. The van der Waals surface area contributed by atoms with Crippen LogP contribution >= 0.6 is 0 Å². The number of phenols is 1. The molecule has 5 nitrogen and oxygen atoms in total. The SMILES string of the molecule is COc1cc(O)c([C@H](OC)C(C)C)c(OC)c1OC. The zero-order chi connectivity index (χ0) is 14.6. The quantitative estimate of drug-likeness (QED) is 0.861. The minimum absolute atomic E-state index is 0.0649. The molecule has 1 N–H and O–H groups in total. The number of rotatable bonds is 6. The molecule has 0 radical (unpaired) electrons. The molecule has 0 saturated heterocycles. The Balaban J connectivity index is 3.54. The fourth-order valence-corrected chi connectivity index (χ4v) is 2.16. The van der Waals surface area contributed by atoms with Crippen LogP contribution in [-0.2, 0) is 4.74 Å². The predicted octanol–water partition coefficient (Wildman–Crippen LogP) is 2.76. The number of aromatic hydroxyl groups is 1. The first kappa shape index (κ1) is 15.4. The van der Waals surface area contributed by atoms with Gasteiger partial charge < -0.3 is 24.1 Å². The molecule has 0 aromatic heterocycles. The lowest BCUT2D eigenvalue weighted by molar-refractivity contribution is 0.0600. The number of ether oxygens (including phenoxy) is 4. The molecular formula is C14H22O5. The van der Waals surface area contributed by atoms with Crippen molar-refractivity contribution in [1.82, 2.24) is 0 Å². The zero-order valence-electron chi connectivity index (χ0n) is 12.3. The van der Waals surface area contributed by atoms with E-state index < -0.39 is 0 Å². The number of hydrogen-bond acceptors (Lipinski definition) is 5. The molecule has 0 bridgehead atoms. The van der Waals surface area contributed by atoms with Gasteiger partial charge in [0, 0.05) is 13.2 Å². The number of hydrogen-bond donors (Lipinski definition) is 1. The van der Waals surface area contributed by atoms with Gasteiger partial charge in [-0.1, -0.05) is 13.8 Å². The molecule has 0 saturated carbocycles. The zero-order valence-corrected chi connectivity index (χ0v) is 12.3. The van der Waals surface area contributed by atoms with Crippen LogP contribution in [0.3, 0.4) is 0 Å². The summed E-state index contributed by atoms with van der Waals surface area (Å²) in [6.45, 7) is 4.01. The molecule has 0 fully saturated rings. The van der Waals surface area contributed by atoms with Crippen molar-refractivity contribution < 1.29 is 24.1 Å². The van der Waals surface area contributed by atoms with Gasteiger partial charge in [0.05, 0.1) is 33.0 Å². The van der Waals surface area contributed by atoms with Crippen LogP contribution in [0.15, 0.2) is 6.07 Å². The molecule has 0 amide bonds. The third kappa shape index (κ3) is 2.87. The van der Waals surface area contributed by atoms with E-state index in [0.29, 0.717) is 22.8 Å². The lowest BCUT2D eigenvalue weighted by atomic mass is 9.96. The second kappa shape index (κ2) is 6.52. The molecule has 0 aliphatic heterocycles. The highest BCUT2D eigenvalue weighted by molar-refractivity contribution is 5.62. The van der Waals surface area contributed by atoms with Crippen molar-refractivity contribution in [1.29, 1.82) is 0 Å². The van der Waals surface area contributed by atoms with E-state index in [2.05, 4.69) is 0 Å². The first-order chi connectivity index (χ1) is 9.01. The maximum Gasteiger partial charge on any atom is 0.203 e. The topological polar surface area (TPSA) is 57.2 Å². The summed E-state index contributed by atoms with van der Waals surface area (Å²) in [6, 6.07) is 1.51. The molecule has 1 atom stereocenters. The molecule has 1 rings (SSSR count). The van der Waals surface area contributed by atoms with Crippen molar-refractivity contribution in [2.75, 3.05) is 28.4 Å². The number of benzene rings is 1. The fourth-order valence-electron chi connectivity index (χ4n) is 2.16. The van der Waals surface area contributed by atoms with Gasteiger partial charge in [-0.25, -0.2) is 0 Å². The average Bonchev–Trinajstić information content (AvgIpc) is 2.39. The Hall–Kier alpha value is -1.62. The summed E-state index contributed by atoms with van der Waals surface area (Å²) in [4.78, 5) is 0. The molecule has 5 heteroatoms. The first-order valence-corrected chi connectivity index (χ1v) is 6.06. The molecule has 108 valence electrons. The van der Waals surface area contributed by atoms with Crippen molar-refractivity contribution in [3.05, 3.63) is 11.6 Å². The Labute approximate surface area is 114 Å². The Morgan fingerprint density at radius 3 is 1.89 bits per heavy atom. The predicted molar refractivity (Wildman–Crippen MR) is 72.4 cm³/mol. The molecule has 19 heavy (non-hydrogen) atoms. The standard InChI is InChI=1S/C14H22O5/c1-8(2)12(17-4)11-9(15)7-10(16-3)13(18-5)14(11)19-6/h7-8,12,15H,1-6H3/t12-/m1/s1. The highest BCUT2D eigenvalue weighted by Gasteiger charge is 2.28. The summed E-state index contributed by atoms with van der Waals surface area (Å²) in [5.41, 5.74) is 0.567. The lowest BCUT2D eigenvalue weighted by Gasteiger charge is -2.25. The average molecular weight is 270 g/mol. The molecule has 0 heterocycles. The van der Waals surface area contributed by atoms with Gasteiger partial charge in [-0.05, 0) is 5.92 Å². The van der Waals surface area contributed by atoms with E-state index in [9.17, 15) is 5.11 Å². The summed E-state index contributed by atoms with van der Waals surface area (Å²) in [6.07, 6.45) is -0.297. The van der Waals surface area contributed by atoms with Crippen molar-refractivity contribution in [2.45, 2.75) is 20.0 Å². The normalized spacial score (nSPS) is 12.4. The van der Waals surface area contributed by atoms with Gasteiger partial charge in [0.2, 0.25) is 5.75 Å². The van der Waals surface area contributed by atoms with Gasteiger partial charge >= 0.3 is 0 Å². The van der Waals surface area contributed by atoms with E-state index in [1.807, 2.05) is 13.8 Å². The lowest BCUT2D eigenvalue weighted by Crippen LogP contribution is -2.11. The molecular weight excluding hydrogens is 248 g/mol. The highest BCUT2D eigenvalue weighted by atomic mass is 16.5. The summed E-state index contributed by atoms with van der Waals surface area (Å²) in [5, 5.41) is 10.2. The highest BCUT2D eigenvalue weighted by Crippen LogP contribution is 2.49. The Morgan fingerprint density at radius 2 is 1.53 bits per heavy atom. The summed E-state index contributed by atoms with van der Waals surface area (Å²) >= 11 is 0. The van der Waals surface area contributed by atoms with Gasteiger partial charge in [-0.3, -0.25) is 0 Å². The van der Waals surface area contributed by atoms with Crippen LogP contribution in [0.5, 0.6) is 23.0 Å². The Kier molecular flexibility index (Phi) is 5.30. The smallest absolute Gasteiger partial charge is 0.203 e. The molecule has 1 aromatic rings. The molecule has 0 aliphatic carbocycles. The van der Waals surface area contributed by atoms with Crippen molar-refractivity contribution >= 4 is 0 Å². The van der Waals surface area contributed by atoms with Crippen LogP contribution in [0.2, 0.25) is 0 Å². The fraction of sp³-hybridized carbons (Fsp3) is 0.571. The minimum atomic E-state index is -0.297. The van der Waals surface area contributed by atoms with Crippen LogP contribution in [0.4, 0.5) is 0 Å². The maximum atomic E-state index is 10.2. The number of phenolic OH excluding ortho intramolecular Hbond substituents is 1.